The van der Waals surface area contributed by atoms with Gasteiger partial charge in [0.25, 0.3) is 5.91 Å². The number of carbonyl (C=O) groups excluding carboxylic acids is 2. The molecule has 0 aromatic heterocycles. The molecule has 0 spiro atoms. The first kappa shape index (κ1) is 22.4. The van der Waals surface area contributed by atoms with Crippen LogP contribution in [0.2, 0.25) is 0 Å². The Morgan fingerprint density at radius 3 is 2.14 bits per heavy atom. The molecule has 1 amide bonds. The van der Waals surface area contributed by atoms with Crippen molar-refractivity contribution in [3.8, 4) is 0 Å². The topological polar surface area (TPSA) is 84.0 Å². The first-order valence-electron chi connectivity index (χ1n) is 9.69. The standard InChI is InChI=1S/C20H30N2O5S/c1-14(2)22(15(3)4)19(23)16(5)27-20(24)17-9-8-10-18(13-17)28(25,26)21-11-6-7-12-21/h8-10,13-16H,6-7,11-12H2,1-5H3. The van der Waals surface area contributed by atoms with Gasteiger partial charge in [0.1, 0.15) is 0 Å². The van der Waals surface area contributed by atoms with Gasteiger partial charge in [0.2, 0.25) is 10.0 Å². The Morgan fingerprint density at radius 1 is 1.04 bits per heavy atom. The van der Waals surface area contributed by atoms with Crippen LogP contribution in [0.4, 0.5) is 0 Å². The molecule has 1 atom stereocenters. The maximum Gasteiger partial charge on any atom is 0.338 e. The zero-order valence-corrected chi connectivity index (χ0v) is 18.0. The molecule has 0 saturated carbocycles. The van der Waals surface area contributed by atoms with Gasteiger partial charge in [0, 0.05) is 25.2 Å². The lowest BCUT2D eigenvalue weighted by molar-refractivity contribution is -0.143. The molecule has 8 heteroatoms. The van der Waals surface area contributed by atoms with Crippen LogP contribution in [-0.2, 0) is 19.6 Å². The number of hydrogen-bond donors (Lipinski definition) is 0. The maximum atomic E-state index is 12.7. The molecule has 1 heterocycles. The van der Waals surface area contributed by atoms with Gasteiger partial charge in [-0.3, -0.25) is 4.79 Å². The van der Waals surface area contributed by atoms with Crippen LogP contribution in [0.5, 0.6) is 0 Å². The Balaban J connectivity index is 2.15. The van der Waals surface area contributed by atoms with Crippen molar-refractivity contribution in [2.24, 2.45) is 0 Å². The quantitative estimate of drug-likeness (QED) is 0.645. The number of nitrogens with zero attached hydrogens (tertiary/aromatic N) is 2. The number of sulfonamides is 1. The highest BCUT2D eigenvalue weighted by Gasteiger charge is 2.30. The Labute approximate surface area is 167 Å². The lowest BCUT2D eigenvalue weighted by Gasteiger charge is -2.32. The molecule has 0 N–H and O–H groups in total. The molecule has 1 fully saturated rings. The fourth-order valence-corrected chi connectivity index (χ4v) is 5.02. The average Bonchev–Trinajstić information content (AvgIpc) is 3.16. The number of hydrogen-bond acceptors (Lipinski definition) is 5. The summed E-state index contributed by atoms with van der Waals surface area (Å²) in [6, 6.07) is 5.74. The minimum Gasteiger partial charge on any atom is -0.449 e. The summed E-state index contributed by atoms with van der Waals surface area (Å²) in [6.07, 6.45) is 0.710. The van der Waals surface area contributed by atoms with E-state index in [1.807, 2.05) is 27.7 Å². The van der Waals surface area contributed by atoms with Crippen LogP contribution in [0.15, 0.2) is 29.2 Å². The highest BCUT2D eigenvalue weighted by atomic mass is 32.2. The summed E-state index contributed by atoms with van der Waals surface area (Å²) >= 11 is 0. The zero-order chi connectivity index (χ0) is 21.1. The molecule has 1 aromatic rings. The fraction of sp³-hybridized carbons (Fsp3) is 0.600. The monoisotopic (exact) mass is 410 g/mol. The van der Waals surface area contributed by atoms with Gasteiger partial charge in [-0.25, -0.2) is 13.2 Å². The van der Waals surface area contributed by atoms with Gasteiger partial charge < -0.3 is 9.64 Å². The van der Waals surface area contributed by atoms with E-state index in [-0.39, 0.29) is 28.4 Å². The summed E-state index contributed by atoms with van der Waals surface area (Å²) < 4.78 is 32.1. The van der Waals surface area contributed by atoms with Crippen molar-refractivity contribution >= 4 is 21.9 Å². The Kier molecular flexibility index (Phi) is 7.22. The average molecular weight is 411 g/mol. The van der Waals surface area contributed by atoms with Crippen LogP contribution in [-0.4, -0.2) is 60.8 Å². The summed E-state index contributed by atoms with van der Waals surface area (Å²) in [6.45, 7) is 10.1. The minimum absolute atomic E-state index is 0.0254. The number of amides is 1. The van der Waals surface area contributed by atoms with Crippen LogP contribution >= 0.6 is 0 Å². The normalized spacial score (nSPS) is 16.4. The van der Waals surface area contributed by atoms with E-state index in [4.69, 9.17) is 4.74 Å². The predicted molar refractivity (Wildman–Crippen MR) is 106 cm³/mol. The number of rotatable bonds is 7. The van der Waals surface area contributed by atoms with E-state index in [1.54, 1.807) is 4.90 Å². The van der Waals surface area contributed by atoms with Crippen molar-refractivity contribution in [1.29, 1.82) is 0 Å². The van der Waals surface area contributed by atoms with Gasteiger partial charge in [-0.2, -0.15) is 4.31 Å². The minimum atomic E-state index is -3.63. The smallest absolute Gasteiger partial charge is 0.338 e. The molecule has 0 bridgehead atoms. The van der Waals surface area contributed by atoms with Crippen molar-refractivity contribution in [3.05, 3.63) is 29.8 Å². The van der Waals surface area contributed by atoms with Crippen molar-refractivity contribution in [3.63, 3.8) is 0 Å². The third-order valence-electron chi connectivity index (χ3n) is 4.77. The van der Waals surface area contributed by atoms with E-state index in [1.165, 1.54) is 35.5 Å². The van der Waals surface area contributed by atoms with Gasteiger partial charge in [-0.15, -0.1) is 0 Å². The molecule has 0 radical (unpaired) electrons. The number of ether oxygens (including phenoxy) is 1. The first-order chi connectivity index (χ1) is 13.1. The Morgan fingerprint density at radius 2 is 1.61 bits per heavy atom. The summed E-state index contributed by atoms with van der Waals surface area (Å²) in [5.74, 6) is -0.994. The SMILES string of the molecule is CC(OC(=O)c1cccc(S(=O)(=O)N2CCCC2)c1)C(=O)N(C(C)C)C(C)C. The second-order valence-electron chi connectivity index (χ2n) is 7.62. The second-order valence-corrected chi connectivity index (χ2v) is 9.56. The molecule has 1 aromatic carbocycles. The van der Waals surface area contributed by atoms with E-state index in [0.29, 0.717) is 13.1 Å². The van der Waals surface area contributed by atoms with E-state index < -0.39 is 22.1 Å². The molecule has 156 valence electrons. The van der Waals surface area contributed by atoms with Crippen LogP contribution in [0, 0.1) is 0 Å². The lowest BCUT2D eigenvalue weighted by Crippen LogP contribution is -2.47. The summed E-state index contributed by atoms with van der Waals surface area (Å²) in [5, 5.41) is 0. The highest BCUT2D eigenvalue weighted by Crippen LogP contribution is 2.22. The molecule has 1 saturated heterocycles. The lowest BCUT2D eigenvalue weighted by atomic mass is 10.2. The molecule has 0 aliphatic carbocycles. The molecule has 2 rings (SSSR count). The molecule has 1 unspecified atom stereocenters. The van der Waals surface area contributed by atoms with E-state index in [2.05, 4.69) is 0 Å². The molecular weight excluding hydrogens is 380 g/mol. The molecule has 28 heavy (non-hydrogen) atoms. The van der Waals surface area contributed by atoms with Gasteiger partial charge in [-0.05, 0) is 65.7 Å². The van der Waals surface area contributed by atoms with Crippen molar-refractivity contribution < 1.29 is 22.7 Å². The number of carbonyl (C=O) groups is 2. The molecule has 7 nitrogen and oxygen atoms in total. The van der Waals surface area contributed by atoms with Crippen LogP contribution in [0.1, 0.15) is 57.8 Å². The van der Waals surface area contributed by atoms with Crippen LogP contribution < -0.4 is 0 Å². The summed E-state index contributed by atoms with van der Waals surface area (Å²) in [5.41, 5.74) is 0.112. The van der Waals surface area contributed by atoms with Crippen LogP contribution in [0.3, 0.4) is 0 Å². The van der Waals surface area contributed by atoms with Crippen molar-refractivity contribution in [2.75, 3.05) is 13.1 Å². The third kappa shape index (κ3) is 4.91. The van der Waals surface area contributed by atoms with Gasteiger partial charge in [0.15, 0.2) is 6.10 Å². The third-order valence-corrected chi connectivity index (χ3v) is 6.67. The molecule has 1 aliphatic heterocycles. The van der Waals surface area contributed by atoms with E-state index in [9.17, 15) is 18.0 Å². The zero-order valence-electron chi connectivity index (χ0n) is 17.2. The van der Waals surface area contributed by atoms with Crippen molar-refractivity contribution in [1.82, 2.24) is 9.21 Å². The predicted octanol–water partition coefficient (Wildman–Crippen LogP) is 2.66. The first-order valence-corrected chi connectivity index (χ1v) is 11.1. The largest absolute Gasteiger partial charge is 0.449 e. The number of benzene rings is 1. The van der Waals surface area contributed by atoms with E-state index >= 15 is 0 Å². The Bertz CT molecular complexity index is 806. The van der Waals surface area contributed by atoms with Crippen LogP contribution in [0.25, 0.3) is 0 Å². The van der Waals surface area contributed by atoms with Crippen molar-refractivity contribution in [2.45, 2.75) is 70.5 Å². The van der Waals surface area contributed by atoms with Gasteiger partial charge >= 0.3 is 5.97 Å². The maximum absolute atomic E-state index is 12.7. The molecule has 1 aliphatic rings. The van der Waals surface area contributed by atoms with E-state index in [0.717, 1.165) is 12.8 Å². The fourth-order valence-electron chi connectivity index (χ4n) is 3.46. The highest BCUT2D eigenvalue weighted by molar-refractivity contribution is 7.89. The summed E-state index contributed by atoms with van der Waals surface area (Å²) in [7, 11) is -3.63. The Hall–Kier alpha value is -1.93. The van der Waals surface area contributed by atoms with Gasteiger partial charge in [0.05, 0.1) is 10.5 Å². The number of esters is 1. The molecular formula is C20H30N2O5S. The van der Waals surface area contributed by atoms with Gasteiger partial charge in [-0.1, -0.05) is 6.07 Å². The second kappa shape index (κ2) is 9.05. The summed E-state index contributed by atoms with van der Waals surface area (Å²) in [4.78, 5) is 26.9.